The quantitative estimate of drug-likeness (QED) is 0.545. The van der Waals surface area contributed by atoms with Gasteiger partial charge in [-0.1, -0.05) is 66.7 Å². The van der Waals surface area contributed by atoms with Crippen molar-refractivity contribution >= 4 is 11.7 Å². The van der Waals surface area contributed by atoms with Gasteiger partial charge in [-0.15, -0.1) is 0 Å². The zero-order valence-corrected chi connectivity index (χ0v) is 14.4. The Morgan fingerprint density at radius 1 is 0.808 bits per heavy atom. The van der Waals surface area contributed by atoms with E-state index in [1.54, 1.807) is 18.2 Å². The Hall–Kier alpha value is -3.40. The third kappa shape index (κ3) is 3.98. The van der Waals surface area contributed by atoms with Gasteiger partial charge in [-0.2, -0.15) is 0 Å². The molecule has 1 N–H and O–H groups in total. The maximum Gasteiger partial charge on any atom is 0.292 e. The number of carbonyl (C=O) groups excluding carboxylic acids is 2. The van der Waals surface area contributed by atoms with Crippen molar-refractivity contribution in [1.29, 1.82) is 0 Å². The van der Waals surface area contributed by atoms with Crippen molar-refractivity contribution in [2.75, 3.05) is 7.05 Å². The highest BCUT2D eigenvalue weighted by Gasteiger charge is 2.17. The van der Waals surface area contributed by atoms with E-state index < -0.39 is 11.7 Å². The number of hydrogen-bond acceptors (Lipinski definition) is 3. The van der Waals surface area contributed by atoms with E-state index in [0.717, 1.165) is 11.1 Å². The molecular formula is C22H19NO3. The molecule has 0 aliphatic heterocycles. The van der Waals surface area contributed by atoms with Crippen LogP contribution in [0.15, 0.2) is 78.9 Å². The zero-order valence-electron chi connectivity index (χ0n) is 14.4. The molecule has 3 aromatic rings. The first kappa shape index (κ1) is 17.4. The first-order valence-corrected chi connectivity index (χ1v) is 8.31. The number of ether oxygens (including phenoxy) is 1. The Kier molecular flexibility index (Phi) is 5.44. The first-order valence-electron chi connectivity index (χ1n) is 8.31. The van der Waals surface area contributed by atoms with Gasteiger partial charge in [0.2, 0.25) is 0 Å². The minimum absolute atomic E-state index is 0.212. The molecule has 1 amide bonds. The standard InChI is InChI=1S/C22H19NO3/c1-23-22(25)21(24)20-10-6-5-9-18(20)15-26-19-13-11-17(12-14-19)16-7-3-2-4-8-16/h2-14H,15H2,1H3,(H,23,25). The molecule has 3 aromatic carbocycles. The van der Waals surface area contributed by atoms with Crippen LogP contribution in [0, 0.1) is 0 Å². The molecule has 0 saturated carbocycles. The second kappa shape index (κ2) is 8.12. The van der Waals surface area contributed by atoms with Crippen LogP contribution >= 0.6 is 0 Å². The highest BCUT2D eigenvalue weighted by Crippen LogP contribution is 2.23. The lowest BCUT2D eigenvalue weighted by atomic mass is 10.0. The van der Waals surface area contributed by atoms with Gasteiger partial charge >= 0.3 is 0 Å². The summed E-state index contributed by atoms with van der Waals surface area (Å²) in [6, 6.07) is 24.8. The van der Waals surface area contributed by atoms with Crippen LogP contribution < -0.4 is 10.1 Å². The highest BCUT2D eigenvalue weighted by atomic mass is 16.5. The summed E-state index contributed by atoms with van der Waals surface area (Å²) in [4.78, 5) is 23.8. The lowest BCUT2D eigenvalue weighted by Gasteiger charge is -2.10. The van der Waals surface area contributed by atoms with Crippen molar-refractivity contribution < 1.29 is 14.3 Å². The Morgan fingerprint density at radius 3 is 2.12 bits per heavy atom. The number of nitrogens with one attached hydrogen (secondary N) is 1. The average molecular weight is 345 g/mol. The van der Waals surface area contributed by atoms with E-state index in [9.17, 15) is 9.59 Å². The van der Waals surface area contributed by atoms with Crippen LogP contribution in [0.25, 0.3) is 11.1 Å². The van der Waals surface area contributed by atoms with Crippen molar-refractivity contribution in [3.05, 3.63) is 90.0 Å². The number of hydrogen-bond donors (Lipinski definition) is 1. The lowest BCUT2D eigenvalue weighted by Crippen LogP contribution is -2.28. The lowest BCUT2D eigenvalue weighted by molar-refractivity contribution is -0.116. The van der Waals surface area contributed by atoms with Crippen LogP contribution in [-0.4, -0.2) is 18.7 Å². The van der Waals surface area contributed by atoms with E-state index >= 15 is 0 Å². The summed E-state index contributed by atoms with van der Waals surface area (Å²) in [6.45, 7) is 0.212. The summed E-state index contributed by atoms with van der Waals surface area (Å²) in [5.74, 6) is -0.498. The molecule has 0 heterocycles. The Balaban J connectivity index is 1.72. The van der Waals surface area contributed by atoms with E-state index in [-0.39, 0.29) is 6.61 Å². The van der Waals surface area contributed by atoms with Crippen molar-refractivity contribution in [3.63, 3.8) is 0 Å². The van der Waals surface area contributed by atoms with Crippen LogP contribution in [0.3, 0.4) is 0 Å². The summed E-state index contributed by atoms with van der Waals surface area (Å²) in [6.07, 6.45) is 0. The summed E-state index contributed by atoms with van der Waals surface area (Å²) in [7, 11) is 1.44. The molecule has 0 saturated heterocycles. The van der Waals surface area contributed by atoms with Gasteiger partial charge in [-0.3, -0.25) is 9.59 Å². The molecule has 4 nitrogen and oxygen atoms in total. The van der Waals surface area contributed by atoms with Crippen LogP contribution in [0.2, 0.25) is 0 Å². The van der Waals surface area contributed by atoms with E-state index in [1.807, 2.05) is 48.5 Å². The van der Waals surface area contributed by atoms with Crippen LogP contribution in [-0.2, 0) is 11.4 Å². The molecule has 0 aliphatic carbocycles. The SMILES string of the molecule is CNC(=O)C(=O)c1ccccc1COc1ccc(-c2ccccc2)cc1. The molecular weight excluding hydrogens is 326 g/mol. The third-order valence-corrected chi connectivity index (χ3v) is 4.05. The molecule has 0 aromatic heterocycles. The minimum Gasteiger partial charge on any atom is -0.489 e. The number of Topliss-reactive ketones (excluding diaryl/α,β-unsaturated/α-hetero) is 1. The Morgan fingerprint density at radius 2 is 1.42 bits per heavy atom. The maximum atomic E-state index is 12.1. The van der Waals surface area contributed by atoms with Crippen LogP contribution in [0.1, 0.15) is 15.9 Å². The predicted molar refractivity (Wildman–Crippen MR) is 101 cm³/mol. The smallest absolute Gasteiger partial charge is 0.292 e. The minimum atomic E-state index is -0.635. The summed E-state index contributed by atoms with van der Waals surface area (Å²) >= 11 is 0. The number of likely N-dealkylation sites (N-methyl/N-ethyl adjacent to an activating group) is 1. The second-order valence-corrected chi connectivity index (χ2v) is 5.74. The number of rotatable bonds is 6. The van der Waals surface area contributed by atoms with Gasteiger partial charge in [0.05, 0.1) is 0 Å². The van der Waals surface area contributed by atoms with Gasteiger partial charge in [0.15, 0.2) is 0 Å². The maximum absolute atomic E-state index is 12.1. The number of amides is 1. The topological polar surface area (TPSA) is 55.4 Å². The number of benzene rings is 3. The molecule has 130 valence electrons. The third-order valence-electron chi connectivity index (χ3n) is 4.05. The van der Waals surface area contributed by atoms with Gasteiger partial charge in [0.25, 0.3) is 11.7 Å². The Bertz CT molecular complexity index is 902. The van der Waals surface area contributed by atoms with Gasteiger partial charge in [0.1, 0.15) is 12.4 Å². The molecule has 0 unspecified atom stereocenters. The monoisotopic (exact) mass is 345 g/mol. The van der Waals surface area contributed by atoms with Gasteiger partial charge in [-0.05, 0) is 23.3 Å². The van der Waals surface area contributed by atoms with Crippen LogP contribution in [0.5, 0.6) is 5.75 Å². The van der Waals surface area contributed by atoms with Gasteiger partial charge in [-0.25, -0.2) is 0 Å². The fraction of sp³-hybridized carbons (Fsp3) is 0.0909. The molecule has 0 radical (unpaired) electrons. The molecule has 0 aliphatic rings. The van der Waals surface area contributed by atoms with E-state index in [2.05, 4.69) is 17.4 Å². The van der Waals surface area contributed by atoms with E-state index in [1.165, 1.54) is 7.05 Å². The molecule has 0 atom stereocenters. The fourth-order valence-corrected chi connectivity index (χ4v) is 2.64. The number of ketones is 1. The van der Waals surface area contributed by atoms with E-state index in [0.29, 0.717) is 16.9 Å². The summed E-state index contributed by atoms with van der Waals surface area (Å²) < 4.78 is 5.80. The first-order chi connectivity index (χ1) is 12.7. The molecule has 0 spiro atoms. The van der Waals surface area contributed by atoms with Crippen LogP contribution in [0.4, 0.5) is 0 Å². The molecule has 26 heavy (non-hydrogen) atoms. The zero-order chi connectivity index (χ0) is 18.4. The Labute approximate surface area is 152 Å². The molecule has 3 rings (SSSR count). The summed E-state index contributed by atoms with van der Waals surface area (Å²) in [5.41, 5.74) is 3.27. The van der Waals surface area contributed by atoms with Crippen molar-refractivity contribution in [2.45, 2.75) is 6.61 Å². The largest absolute Gasteiger partial charge is 0.489 e. The van der Waals surface area contributed by atoms with Crippen molar-refractivity contribution in [3.8, 4) is 16.9 Å². The van der Waals surface area contributed by atoms with Crippen molar-refractivity contribution in [1.82, 2.24) is 5.32 Å². The average Bonchev–Trinajstić information content (AvgIpc) is 2.72. The highest BCUT2D eigenvalue weighted by molar-refractivity contribution is 6.43. The van der Waals surface area contributed by atoms with Gasteiger partial charge < -0.3 is 10.1 Å². The molecule has 4 heteroatoms. The fourth-order valence-electron chi connectivity index (χ4n) is 2.64. The molecule has 0 bridgehead atoms. The van der Waals surface area contributed by atoms with E-state index in [4.69, 9.17) is 4.74 Å². The summed E-state index contributed by atoms with van der Waals surface area (Å²) in [5, 5.41) is 2.36. The van der Waals surface area contributed by atoms with Gasteiger partial charge in [0, 0.05) is 18.2 Å². The second-order valence-electron chi connectivity index (χ2n) is 5.74. The number of carbonyl (C=O) groups is 2. The normalized spacial score (nSPS) is 10.2. The van der Waals surface area contributed by atoms with Crippen molar-refractivity contribution in [2.24, 2.45) is 0 Å². The molecule has 0 fully saturated rings. The predicted octanol–water partition coefficient (Wildman–Crippen LogP) is 3.86.